The molecule has 1 saturated heterocycles. The number of hydrogen-bond donors (Lipinski definition) is 1. The maximum absolute atomic E-state index is 10.1. The van der Waals surface area contributed by atoms with Crippen LogP contribution in [-0.4, -0.2) is 47.3 Å². The molecular formula is C11H23NOS. The summed E-state index contributed by atoms with van der Waals surface area (Å²) in [4.78, 5) is 2.42. The van der Waals surface area contributed by atoms with Gasteiger partial charge in [-0.25, -0.2) is 0 Å². The molecule has 14 heavy (non-hydrogen) atoms. The number of nitrogens with zero attached hydrogens (tertiary/aromatic N) is 1. The minimum atomic E-state index is -0.510. The molecule has 1 atom stereocenters. The van der Waals surface area contributed by atoms with Gasteiger partial charge in [-0.15, -0.1) is 0 Å². The summed E-state index contributed by atoms with van der Waals surface area (Å²) < 4.78 is 0. The van der Waals surface area contributed by atoms with Gasteiger partial charge < -0.3 is 10.0 Å². The van der Waals surface area contributed by atoms with Gasteiger partial charge in [-0.1, -0.05) is 12.8 Å². The third-order valence-corrected chi connectivity index (χ3v) is 3.63. The standard InChI is InChI=1S/C11H23NOS/c1-11(13,10-14-2)9-12-7-5-3-4-6-8-12/h13H,3-10H2,1-2H3. The Kier molecular flexibility index (Phi) is 5.28. The number of rotatable bonds is 4. The summed E-state index contributed by atoms with van der Waals surface area (Å²) in [6, 6.07) is 0. The summed E-state index contributed by atoms with van der Waals surface area (Å²) in [6.07, 6.45) is 7.38. The van der Waals surface area contributed by atoms with Crippen LogP contribution in [0.5, 0.6) is 0 Å². The van der Waals surface area contributed by atoms with E-state index in [4.69, 9.17) is 0 Å². The van der Waals surface area contributed by atoms with Crippen LogP contribution in [-0.2, 0) is 0 Å². The van der Waals surface area contributed by atoms with E-state index in [2.05, 4.69) is 11.2 Å². The van der Waals surface area contributed by atoms with Gasteiger partial charge in [-0.2, -0.15) is 11.8 Å². The number of thioether (sulfide) groups is 1. The van der Waals surface area contributed by atoms with E-state index < -0.39 is 5.60 Å². The Balaban J connectivity index is 2.33. The minimum Gasteiger partial charge on any atom is -0.388 e. The second-order valence-electron chi connectivity index (χ2n) is 4.62. The molecule has 1 N–H and O–H groups in total. The molecule has 1 heterocycles. The monoisotopic (exact) mass is 217 g/mol. The molecule has 84 valence electrons. The van der Waals surface area contributed by atoms with E-state index in [0.717, 1.165) is 12.3 Å². The second kappa shape index (κ2) is 5.99. The third-order valence-electron chi connectivity index (χ3n) is 2.72. The van der Waals surface area contributed by atoms with Gasteiger partial charge in [0, 0.05) is 12.3 Å². The van der Waals surface area contributed by atoms with Crippen molar-refractivity contribution in [2.24, 2.45) is 0 Å². The molecule has 3 heteroatoms. The zero-order chi connectivity index (χ0) is 10.4. The van der Waals surface area contributed by atoms with Gasteiger partial charge in [-0.05, 0) is 39.1 Å². The molecule has 1 fully saturated rings. The predicted octanol–water partition coefficient (Wildman–Crippen LogP) is 1.98. The molecule has 0 amide bonds. The van der Waals surface area contributed by atoms with Gasteiger partial charge in [0.25, 0.3) is 0 Å². The van der Waals surface area contributed by atoms with Crippen molar-refractivity contribution in [3.63, 3.8) is 0 Å². The highest BCUT2D eigenvalue weighted by Crippen LogP contribution is 2.16. The maximum atomic E-state index is 10.1. The fourth-order valence-electron chi connectivity index (χ4n) is 2.13. The predicted molar refractivity (Wildman–Crippen MR) is 63.9 cm³/mol. The third kappa shape index (κ3) is 4.67. The minimum absolute atomic E-state index is 0.510. The zero-order valence-electron chi connectivity index (χ0n) is 9.46. The van der Waals surface area contributed by atoms with E-state index >= 15 is 0 Å². The first-order valence-corrected chi connectivity index (χ1v) is 6.97. The molecule has 1 aliphatic rings. The topological polar surface area (TPSA) is 23.5 Å². The van der Waals surface area contributed by atoms with Crippen LogP contribution < -0.4 is 0 Å². The molecular weight excluding hydrogens is 194 g/mol. The Morgan fingerprint density at radius 1 is 1.21 bits per heavy atom. The van der Waals surface area contributed by atoms with E-state index in [1.807, 2.05) is 6.92 Å². The van der Waals surface area contributed by atoms with Gasteiger partial charge in [-0.3, -0.25) is 0 Å². The second-order valence-corrected chi connectivity index (χ2v) is 5.49. The smallest absolute Gasteiger partial charge is 0.0835 e. The Labute approximate surface area is 92.1 Å². The lowest BCUT2D eigenvalue weighted by Crippen LogP contribution is -2.43. The van der Waals surface area contributed by atoms with Gasteiger partial charge in [0.15, 0.2) is 0 Å². The Hall–Kier alpha value is 0.270. The fraction of sp³-hybridized carbons (Fsp3) is 1.00. The molecule has 1 rings (SSSR count). The van der Waals surface area contributed by atoms with Crippen molar-refractivity contribution in [2.75, 3.05) is 31.6 Å². The summed E-state index contributed by atoms with van der Waals surface area (Å²) in [5, 5.41) is 10.1. The number of β-amino-alcohol motifs (C(OH)–C–C–N with tert-alkyl or cyclic N) is 1. The number of likely N-dealkylation sites (tertiary alicyclic amines) is 1. The van der Waals surface area contributed by atoms with E-state index in [1.54, 1.807) is 11.8 Å². The summed E-state index contributed by atoms with van der Waals surface area (Å²) >= 11 is 1.73. The molecule has 1 unspecified atom stereocenters. The summed E-state index contributed by atoms with van der Waals surface area (Å²) in [5.41, 5.74) is -0.510. The molecule has 0 aromatic carbocycles. The molecule has 0 aromatic rings. The van der Waals surface area contributed by atoms with E-state index in [0.29, 0.717) is 0 Å². The van der Waals surface area contributed by atoms with Crippen LogP contribution >= 0.6 is 11.8 Å². The average Bonchev–Trinajstić information content (AvgIpc) is 2.31. The van der Waals surface area contributed by atoms with Crippen LogP contribution in [0.4, 0.5) is 0 Å². The Morgan fingerprint density at radius 2 is 1.79 bits per heavy atom. The van der Waals surface area contributed by atoms with Crippen molar-refractivity contribution in [3.8, 4) is 0 Å². The Morgan fingerprint density at radius 3 is 2.29 bits per heavy atom. The molecule has 0 aliphatic carbocycles. The fourth-order valence-corrected chi connectivity index (χ4v) is 2.85. The summed E-state index contributed by atoms with van der Waals surface area (Å²) in [5.74, 6) is 0.837. The van der Waals surface area contributed by atoms with E-state index in [9.17, 15) is 5.11 Å². The average molecular weight is 217 g/mol. The lowest BCUT2D eigenvalue weighted by molar-refractivity contribution is 0.0417. The lowest BCUT2D eigenvalue weighted by atomic mass is 10.1. The largest absolute Gasteiger partial charge is 0.388 e. The highest BCUT2D eigenvalue weighted by molar-refractivity contribution is 7.98. The van der Waals surface area contributed by atoms with Crippen LogP contribution in [0.1, 0.15) is 32.6 Å². The number of aliphatic hydroxyl groups is 1. The maximum Gasteiger partial charge on any atom is 0.0835 e. The normalized spacial score (nSPS) is 24.2. The molecule has 1 aliphatic heterocycles. The van der Waals surface area contributed by atoms with E-state index in [-0.39, 0.29) is 0 Å². The first kappa shape index (κ1) is 12.3. The van der Waals surface area contributed by atoms with Crippen molar-refractivity contribution in [1.29, 1.82) is 0 Å². The van der Waals surface area contributed by atoms with Gasteiger partial charge in [0.1, 0.15) is 0 Å². The van der Waals surface area contributed by atoms with Crippen molar-refractivity contribution in [2.45, 2.75) is 38.2 Å². The highest BCUT2D eigenvalue weighted by atomic mass is 32.2. The van der Waals surface area contributed by atoms with Crippen LogP contribution in [0.2, 0.25) is 0 Å². The summed E-state index contributed by atoms with van der Waals surface area (Å²) in [6.45, 7) is 5.14. The molecule has 0 bridgehead atoms. The van der Waals surface area contributed by atoms with Gasteiger partial charge >= 0.3 is 0 Å². The van der Waals surface area contributed by atoms with Crippen LogP contribution in [0.25, 0.3) is 0 Å². The lowest BCUT2D eigenvalue weighted by Gasteiger charge is -2.30. The molecule has 0 spiro atoms. The Bertz CT molecular complexity index is 153. The highest BCUT2D eigenvalue weighted by Gasteiger charge is 2.23. The zero-order valence-corrected chi connectivity index (χ0v) is 10.3. The number of hydrogen-bond acceptors (Lipinski definition) is 3. The quantitative estimate of drug-likeness (QED) is 0.779. The van der Waals surface area contributed by atoms with Crippen molar-refractivity contribution >= 4 is 11.8 Å². The van der Waals surface area contributed by atoms with E-state index in [1.165, 1.54) is 38.8 Å². The molecule has 0 radical (unpaired) electrons. The molecule has 0 aromatic heterocycles. The van der Waals surface area contributed by atoms with Gasteiger partial charge in [0.2, 0.25) is 0 Å². The molecule has 0 saturated carbocycles. The van der Waals surface area contributed by atoms with Crippen molar-refractivity contribution in [1.82, 2.24) is 4.90 Å². The van der Waals surface area contributed by atoms with Crippen molar-refractivity contribution in [3.05, 3.63) is 0 Å². The van der Waals surface area contributed by atoms with Crippen LogP contribution in [0.3, 0.4) is 0 Å². The molecule has 2 nitrogen and oxygen atoms in total. The van der Waals surface area contributed by atoms with Crippen LogP contribution in [0.15, 0.2) is 0 Å². The SMILES string of the molecule is CSCC(C)(O)CN1CCCCCC1. The summed E-state index contributed by atoms with van der Waals surface area (Å²) in [7, 11) is 0. The van der Waals surface area contributed by atoms with Crippen LogP contribution in [0, 0.1) is 0 Å². The first-order chi connectivity index (χ1) is 6.64. The first-order valence-electron chi connectivity index (χ1n) is 5.58. The van der Waals surface area contributed by atoms with Gasteiger partial charge in [0.05, 0.1) is 5.60 Å². The van der Waals surface area contributed by atoms with Crippen molar-refractivity contribution < 1.29 is 5.11 Å².